The topological polar surface area (TPSA) is 47.1 Å². The second-order valence-corrected chi connectivity index (χ2v) is 6.33. The third-order valence-corrected chi connectivity index (χ3v) is 4.07. The number of nitrogens with zero attached hydrogens (tertiary/aromatic N) is 3. The van der Waals surface area contributed by atoms with Crippen LogP contribution in [0.15, 0.2) is 42.5 Å². The fourth-order valence-corrected chi connectivity index (χ4v) is 2.94. The average Bonchev–Trinajstić information content (AvgIpc) is 2.87. The van der Waals surface area contributed by atoms with Gasteiger partial charge in [-0.2, -0.15) is 0 Å². The third kappa shape index (κ3) is 3.22. The van der Waals surface area contributed by atoms with Crippen LogP contribution in [0.1, 0.15) is 12.0 Å². The van der Waals surface area contributed by atoms with Gasteiger partial charge in [-0.05, 0) is 52.2 Å². The van der Waals surface area contributed by atoms with E-state index in [2.05, 4.69) is 60.8 Å². The van der Waals surface area contributed by atoms with Crippen LogP contribution in [-0.2, 0) is 6.54 Å². The molecule has 0 aliphatic rings. The Morgan fingerprint density at radius 1 is 1.13 bits per heavy atom. The predicted octanol–water partition coefficient (Wildman–Crippen LogP) is 3.55. The Labute approximate surface area is 137 Å². The zero-order valence-corrected chi connectivity index (χ0v) is 14.1. The number of para-hydroxylation sites is 1. The third-order valence-electron chi connectivity index (χ3n) is 4.07. The van der Waals surface area contributed by atoms with Gasteiger partial charge in [0.05, 0.1) is 11.2 Å². The molecule has 0 bridgehead atoms. The summed E-state index contributed by atoms with van der Waals surface area (Å²) in [5, 5.41) is 0. The van der Waals surface area contributed by atoms with E-state index in [-0.39, 0.29) is 0 Å². The fraction of sp³-hybridized carbons (Fsp3) is 0.316. The number of nitrogens with two attached hydrogens (primary N) is 1. The van der Waals surface area contributed by atoms with E-state index < -0.39 is 0 Å². The van der Waals surface area contributed by atoms with Crippen molar-refractivity contribution in [2.45, 2.75) is 19.9 Å². The maximum absolute atomic E-state index is 6.14. The SMILES string of the molecule is Cc1cccc(-c2nc3c(N)cccc3n2CCCN(C)C)c1. The highest BCUT2D eigenvalue weighted by Gasteiger charge is 2.14. The molecule has 4 nitrogen and oxygen atoms in total. The van der Waals surface area contributed by atoms with Crippen LogP contribution < -0.4 is 5.73 Å². The molecular formula is C19H24N4. The number of hydrogen-bond donors (Lipinski definition) is 1. The number of fused-ring (bicyclic) bond motifs is 1. The molecule has 0 amide bonds. The van der Waals surface area contributed by atoms with Gasteiger partial charge < -0.3 is 15.2 Å². The van der Waals surface area contributed by atoms with Crippen molar-refractivity contribution in [3.63, 3.8) is 0 Å². The number of imidazole rings is 1. The highest BCUT2D eigenvalue weighted by atomic mass is 15.1. The van der Waals surface area contributed by atoms with E-state index in [1.807, 2.05) is 12.1 Å². The number of anilines is 1. The Kier molecular flexibility index (Phi) is 4.35. The Bertz CT molecular complexity index is 817. The molecule has 2 N–H and O–H groups in total. The first-order valence-electron chi connectivity index (χ1n) is 8.03. The smallest absolute Gasteiger partial charge is 0.141 e. The maximum Gasteiger partial charge on any atom is 0.141 e. The lowest BCUT2D eigenvalue weighted by molar-refractivity contribution is 0.388. The Hall–Kier alpha value is -2.33. The van der Waals surface area contributed by atoms with E-state index in [4.69, 9.17) is 10.7 Å². The summed E-state index contributed by atoms with van der Waals surface area (Å²) in [6.45, 7) is 4.09. The zero-order valence-electron chi connectivity index (χ0n) is 14.1. The van der Waals surface area contributed by atoms with E-state index in [0.29, 0.717) is 0 Å². The molecule has 23 heavy (non-hydrogen) atoms. The van der Waals surface area contributed by atoms with E-state index in [9.17, 15) is 0 Å². The number of benzene rings is 2. The lowest BCUT2D eigenvalue weighted by Crippen LogP contribution is -2.15. The van der Waals surface area contributed by atoms with E-state index >= 15 is 0 Å². The molecule has 0 atom stereocenters. The van der Waals surface area contributed by atoms with Crippen LogP contribution in [0, 0.1) is 6.92 Å². The summed E-state index contributed by atoms with van der Waals surface area (Å²) >= 11 is 0. The van der Waals surface area contributed by atoms with Gasteiger partial charge in [-0.1, -0.05) is 29.8 Å². The van der Waals surface area contributed by atoms with Crippen molar-refractivity contribution in [2.75, 3.05) is 26.4 Å². The van der Waals surface area contributed by atoms with Crippen molar-refractivity contribution in [3.8, 4) is 11.4 Å². The molecule has 0 unspecified atom stereocenters. The molecule has 1 heterocycles. The monoisotopic (exact) mass is 308 g/mol. The van der Waals surface area contributed by atoms with Crippen molar-refractivity contribution in [3.05, 3.63) is 48.0 Å². The molecule has 0 aliphatic carbocycles. The predicted molar refractivity (Wildman–Crippen MR) is 97.5 cm³/mol. The zero-order chi connectivity index (χ0) is 16.4. The standard InChI is InChI=1S/C19H24N4/c1-14-7-4-8-15(13-14)19-21-18-16(20)9-5-10-17(18)23(19)12-6-11-22(2)3/h4-5,7-10,13H,6,11-12,20H2,1-3H3. The van der Waals surface area contributed by atoms with Gasteiger partial charge in [0.15, 0.2) is 0 Å². The Balaban J connectivity index is 2.10. The van der Waals surface area contributed by atoms with Crippen LogP contribution in [0.4, 0.5) is 5.69 Å². The average molecular weight is 308 g/mol. The Morgan fingerprint density at radius 3 is 2.65 bits per heavy atom. The quantitative estimate of drug-likeness (QED) is 0.733. The second-order valence-electron chi connectivity index (χ2n) is 6.33. The van der Waals surface area contributed by atoms with E-state index in [0.717, 1.165) is 47.6 Å². The lowest BCUT2D eigenvalue weighted by Gasteiger charge is -2.13. The van der Waals surface area contributed by atoms with E-state index in [1.54, 1.807) is 0 Å². The molecule has 120 valence electrons. The van der Waals surface area contributed by atoms with Gasteiger partial charge in [0.25, 0.3) is 0 Å². The first-order valence-corrected chi connectivity index (χ1v) is 8.03. The molecule has 0 aliphatic heterocycles. The van der Waals surface area contributed by atoms with Crippen LogP contribution >= 0.6 is 0 Å². The molecule has 0 spiro atoms. The normalized spacial score (nSPS) is 11.5. The summed E-state index contributed by atoms with van der Waals surface area (Å²) in [6.07, 6.45) is 1.08. The van der Waals surface area contributed by atoms with E-state index in [1.165, 1.54) is 5.56 Å². The maximum atomic E-state index is 6.14. The van der Waals surface area contributed by atoms with Crippen LogP contribution in [0.5, 0.6) is 0 Å². The van der Waals surface area contributed by atoms with Crippen molar-refractivity contribution in [2.24, 2.45) is 0 Å². The van der Waals surface area contributed by atoms with Gasteiger partial charge in [0, 0.05) is 12.1 Å². The van der Waals surface area contributed by atoms with Gasteiger partial charge in [-0.15, -0.1) is 0 Å². The molecule has 3 aromatic rings. The molecule has 1 aromatic heterocycles. The van der Waals surface area contributed by atoms with Gasteiger partial charge in [-0.25, -0.2) is 4.98 Å². The minimum absolute atomic E-state index is 0.739. The van der Waals surface area contributed by atoms with Gasteiger partial charge >= 0.3 is 0 Å². The van der Waals surface area contributed by atoms with Crippen molar-refractivity contribution in [1.82, 2.24) is 14.5 Å². The van der Waals surface area contributed by atoms with Crippen molar-refractivity contribution < 1.29 is 0 Å². The first kappa shape index (κ1) is 15.6. The molecular weight excluding hydrogens is 284 g/mol. The summed E-state index contributed by atoms with van der Waals surface area (Å²) in [7, 11) is 4.21. The molecule has 4 heteroatoms. The number of rotatable bonds is 5. The number of hydrogen-bond acceptors (Lipinski definition) is 3. The highest BCUT2D eigenvalue weighted by molar-refractivity contribution is 5.90. The fourth-order valence-electron chi connectivity index (χ4n) is 2.94. The van der Waals surface area contributed by atoms with Gasteiger partial charge in [0.1, 0.15) is 11.3 Å². The van der Waals surface area contributed by atoms with Crippen molar-refractivity contribution in [1.29, 1.82) is 0 Å². The molecule has 2 aromatic carbocycles. The van der Waals surface area contributed by atoms with Gasteiger partial charge in [0.2, 0.25) is 0 Å². The second kappa shape index (κ2) is 6.42. The molecule has 0 saturated carbocycles. The highest BCUT2D eigenvalue weighted by Crippen LogP contribution is 2.28. The summed E-state index contributed by atoms with van der Waals surface area (Å²) in [4.78, 5) is 7.05. The Morgan fingerprint density at radius 2 is 1.91 bits per heavy atom. The van der Waals surface area contributed by atoms with Crippen LogP contribution in [0.3, 0.4) is 0 Å². The summed E-state index contributed by atoms with van der Waals surface area (Å²) < 4.78 is 2.30. The summed E-state index contributed by atoms with van der Waals surface area (Å²) in [5.74, 6) is 1.00. The largest absolute Gasteiger partial charge is 0.397 e. The number of aromatic nitrogens is 2. The minimum Gasteiger partial charge on any atom is -0.397 e. The summed E-state index contributed by atoms with van der Waals surface area (Å²) in [5.41, 5.74) is 11.3. The lowest BCUT2D eigenvalue weighted by atomic mass is 10.1. The van der Waals surface area contributed by atoms with Crippen LogP contribution in [0.2, 0.25) is 0 Å². The van der Waals surface area contributed by atoms with Gasteiger partial charge in [-0.3, -0.25) is 0 Å². The summed E-state index contributed by atoms with van der Waals surface area (Å²) in [6, 6.07) is 14.5. The number of aryl methyl sites for hydroxylation is 2. The first-order chi connectivity index (χ1) is 11.1. The van der Waals surface area contributed by atoms with Crippen LogP contribution in [-0.4, -0.2) is 35.1 Å². The molecule has 3 rings (SSSR count). The molecule has 0 fully saturated rings. The van der Waals surface area contributed by atoms with Crippen LogP contribution in [0.25, 0.3) is 22.4 Å². The number of nitrogen functional groups attached to an aromatic ring is 1. The molecule has 0 saturated heterocycles. The minimum atomic E-state index is 0.739. The molecule has 0 radical (unpaired) electrons. The van der Waals surface area contributed by atoms with Crippen molar-refractivity contribution >= 4 is 16.7 Å².